The lowest BCUT2D eigenvalue weighted by atomic mass is 9.88. The van der Waals surface area contributed by atoms with Crippen molar-refractivity contribution in [1.29, 1.82) is 0 Å². The Labute approximate surface area is 143 Å². The minimum Gasteiger partial charge on any atom is -0.477 e. The lowest BCUT2D eigenvalue weighted by molar-refractivity contribution is 0.0694. The summed E-state index contributed by atoms with van der Waals surface area (Å²) in [6.45, 7) is 6.80. The van der Waals surface area contributed by atoms with E-state index in [1.54, 1.807) is 45.9 Å². The Kier molecular flexibility index (Phi) is 4.62. The topological polar surface area (TPSA) is 89.3 Å². The van der Waals surface area contributed by atoms with Crippen LogP contribution in [-0.2, 0) is 0 Å². The highest BCUT2D eigenvalue weighted by Gasteiger charge is 2.27. The SMILES string of the molecule is Cc1cc(Cl)ccc1-n1nc(C(=O)C(C)(C)C)cc(C(=O)O)c1=O. The van der Waals surface area contributed by atoms with Gasteiger partial charge >= 0.3 is 5.97 Å². The van der Waals surface area contributed by atoms with E-state index in [0.717, 1.165) is 10.7 Å². The quantitative estimate of drug-likeness (QED) is 0.861. The van der Waals surface area contributed by atoms with Gasteiger partial charge in [-0.15, -0.1) is 0 Å². The normalized spacial score (nSPS) is 11.4. The minimum absolute atomic E-state index is 0.0751. The number of carboxylic acids is 1. The number of aromatic carboxylic acids is 1. The molecule has 6 nitrogen and oxygen atoms in total. The summed E-state index contributed by atoms with van der Waals surface area (Å²) in [5, 5.41) is 13.9. The van der Waals surface area contributed by atoms with Gasteiger partial charge in [0.25, 0.3) is 5.56 Å². The fourth-order valence-electron chi connectivity index (χ4n) is 2.16. The minimum atomic E-state index is -1.41. The zero-order valence-electron chi connectivity index (χ0n) is 13.8. The second kappa shape index (κ2) is 6.20. The predicted molar refractivity (Wildman–Crippen MR) is 90.3 cm³/mol. The van der Waals surface area contributed by atoms with Gasteiger partial charge in [0, 0.05) is 10.4 Å². The second-order valence-corrected chi connectivity index (χ2v) is 6.91. The van der Waals surface area contributed by atoms with Crippen molar-refractivity contribution in [3.8, 4) is 5.69 Å². The van der Waals surface area contributed by atoms with Crippen LogP contribution in [0.3, 0.4) is 0 Å². The van der Waals surface area contributed by atoms with Crippen molar-refractivity contribution in [1.82, 2.24) is 9.78 Å². The summed E-state index contributed by atoms with van der Waals surface area (Å²) >= 11 is 5.91. The Morgan fingerprint density at radius 1 is 1.21 bits per heavy atom. The number of Topliss-reactive ketones (excluding diaryl/α,β-unsaturated/α-hetero) is 1. The van der Waals surface area contributed by atoms with Crippen molar-refractivity contribution in [3.63, 3.8) is 0 Å². The summed E-state index contributed by atoms with van der Waals surface area (Å²) in [4.78, 5) is 36.3. The van der Waals surface area contributed by atoms with Crippen molar-refractivity contribution in [2.45, 2.75) is 27.7 Å². The Hall–Kier alpha value is -2.47. The van der Waals surface area contributed by atoms with Crippen LogP contribution in [0.25, 0.3) is 5.69 Å². The molecule has 0 fully saturated rings. The number of carbonyl (C=O) groups is 2. The number of carboxylic acid groups (broad SMARTS) is 1. The van der Waals surface area contributed by atoms with E-state index in [0.29, 0.717) is 16.3 Å². The van der Waals surface area contributed by atoms with Gasteiger partial charge in [0.1, 0.15) is 11.3 Å². The number of ketones is 1. The molecule has 0 atom stereocenters. The van der Waals surface area contributed by atoms with Gasteiger partial charge in [-0.2, -0.15) is 9.78 Å². The van der Waals surface area contributed by atoms with Gasteiger partial charge in [-0.1, -0.05) is 32.4 Å². The van der Waals surface area contributed by atoms with E-state index >= 15 is 0 Å². The molecular weight excluding hydrogens is 332 g/mol. The number of hydrogen-bond donors (Lipinski definition) is 1. The molecule has 0 amide bonds. The number of rotatable bonds is 3. The number of hydrogen-bond acceptors (Lipinski definition) is 4. The Morgan fingerprint density at radius 3 is 2.33 bits per heavy atom. The average Bonchev–Trinajstić information content (AvgIpc) is 2.46. The molecule has 126 valence electrons. The molecule has 0 saturated carbocycles. The van der Waals surface area contributed by atoms with Crippen LogP contribution in [0.5, 0.6) is 0 Å². The maximum atomic E-state index is 12.5. The van der Waals surface area contributed by atoms with E-state index in [4.69, 9.17) is 11.6 Å². The van der Waals surface area contributed by atoms with Gasteiger partial charge in [-0.25, -0.2) is 4.79 Å². The molecule has 0 aliphatic heterocycles. The number of nitrogens with zero attached hydrogens (tertiary/aromatic N) is 2. The second-order valence-electron chi connectivity index (χ2n) is 6.48. The maximum Gasteiger partial charge on any atom is 0.341 e. The molecule has 0 saturated heterocycles. The van der Waals surface area contributed by atoms with Gasteiger partial charge in [0.05, 0.1) is 5.69 Å². The molecule has 1 aromatic carbocycles. The number of benzene rings is 1. The monoisotopic (exact) mass is 348 g/mol. The summed E-state index contributed by atoms with van der Waals surface area (Å²) in [5.74, 6) is -1.77. The smallest absolute Gasteiger partial charge is 0.341 e. The largest absolute Gasteiger partial charge is 0.477 e. The highest BCUT2D eigenvalue weighted by Crippen LogP contribution is 2.21. The number of aryl methyl sites for hydroxylation is 1. The van der Waals surface area contributed by atoms with Crippen molar-refractivity contribution in [3.05, 3.63) is 56.5 Å². The fraction of sp³-hybridized carbons (Fsp3) is 0.294. The van der Waals surface area contributed by atoms with E-state index < -0.39 is 22.5 Å². The molecule has 0 radical (unpaired) electrons. The van der Waals surface area contributed by atoms with Crippen molar-refractivity contribution in [2.24, 2.45) is 5.41 Å². The predicted octanol–water partition coefficient (Wildman–Crippen LogP) is 3.12. The third-order valence-electron chi connectivity index (χ3n) is 3.44. The van der Waals surface area contributed by atoms with Crippen LogP contribution in [0.1, 0.15) is 47.2 Å². The molecule has 1 aromatic heterocycles. The van der Waals surface area contributed by atoms with E-state index in [2.05, 4.69) is 5.10 Å². The number of carbonyl (C=O) groups excluding carboxylic acids is 1. The molecule has 0 aliphatic carbocycles. The van der Waals surface area contributed by atoms with Crippen LogP contribution >= 0.6 is 11.6 Å². The standard InChI is InChI=1S/C17H17ClN2O4/c1-9-7-10(18)5-6-13(9)20-15(22)11(16(23)24)8-12(19-20)14(21)17(2,3)4/h5-8H,1-4H3,(H,23,24). The summed E-state index contributed by atoms with van der Waals surface area (Å²) < 4.78 is 0.939. The number of aromatic nitrogens is 2. The summed E-state index contributed by atoms with van der Waals surface area (Å²) in [6, 6.07) is 5.78. The van der Waals surface area contributed by atoms with Crippen molar-refractivity contribution >= 4 is 23.4 Å². The van der Waals surface area contributed by atoms with Crippen LogP contribution < -0.4 is 5.56 Å². The Morgan fingerprint density at radius 2 is 1.83 bits per heavy atom. The summed E-state index contributed by atoms with van der Waals surface area (Å²) in [7, 11) is 0. The molecule has 1 N–H and O–H groups in total. The zero-order chi connectivity index (χ0) is 18.2. The molecule has 2 rings (SSSR count). The third kappa shape index (κ3) is 3.38. The third-order valence-corrected chi connectivity index (χ3v) is 3.68. The van der Waals surface area contributed by atoms with Crippen LogP contribution in [0, 0.1) is 12.3 Å². The molecule has 2 aromatic rings. The molecule has 24 heavy (non-hydrogen) atoms. The molecule has 0 bridgehead atoms. The lowest BCUT2D eigenvalue weighted by Gasteiger charge is -2.17. The Bertz CT molecular complexity index is 894. The van der Waals surface area contributed by atoms with Gasteiger partial charge in [0.2, 0.25) is 0 Å². The van der Waals surface area contributed by atoms with Gasteiger partial charge in [-0.05, 0) is 36.8 Å². The first kappa shape index (κ1) is 17.9. The highest BCUT2D eigenvalue weighted by molar-refractivity contribution is 6.30. The van der Waals surface area contributed by atoms with E-state index in [1.165, 1.54) is 0 Å². The molecular formula is C17H17ClN2O4. The van der Waals surface area contributed by atoms with Crippen LogP contribution in [0.15, 0.2) is 29.1 Å². The first-order chi connectivity index (χ1) is 11.0. The molecule has 0 aliphatic rings. The summed E-state index contributed by atoms with van der Waals surface area (Å²) in [6.07, 6.45) is 0. The van der Waals surface area contributed by atoms with Gasteiger partial charge in [0.15, 0.2) is 5.78 Å². The van der Waals surface area contributed by atoms with E-state index in [1.807, 2.05) is 0 Å². The molecule has 7 heteroatoms. The maximum absolute atomic E-state index is 12.5. The Balaban J connectivity index is 2.80. The molecule has 0 spiro atoms. The molecule has 0 unspecified atom stereocenters. The van der Waals surface area contributed by atoms with Crippen molar-refractivity contribution in [2.75, 3.05) is 0 Å². The van der Waals surface area contributed by atoms with Crippen LogP contribution in [0.4, 0.5) is 0 Å². The van der Waals surface area contributed by atoms with Gasteiger partial charge < -0.3 is 5.11 Å². The van der Waals surface area contributed by atoms with Crippen LogP contribution in [0.2, 0.25) is 5.02 Å². The zero-order valence-corrected chi connectivity index (χ0v) is 14.5. The number of halogens is 1. The average molecular weight is 349 g/mol. The summed E-state index contributed by atoms with van der Waals surface area (Å²) in [5.41, 5.74) is -1.15. The van der Waals surface area contributed by atoms with E-state index in [-0.39, 0.29) is 11.5 Å². The lowest BCUT2D eigenvalue weighted by Crippen LogP contribution is -2.32. The molecule has 1 heterocycles. The van der Waals surface area contributed by atoms with E-state index in [9.17, 15) is 19.5 Å². The highest BCUT2D eigenvalue weighted by atomic mass is 35.5. The van der Waals surface area contributed by atoms with Gasteiger partial charge in [-0.3, -0.25) is 9.59 Å². The first-order valence-corrected chi connectivity index (χ1v) is 7.59. The van der Waals surface area contributed by atoms with Crippen LogP contribution in [-0.4, -0.2) is 26.6 Å². The first-order valence-electron chi connectivity index (χ1n) is 7.21. The fourth-order valence-corrected chi connectivity index (χ4v) is 2.39. The van der Waals surface area contributed by atoms with Crippen molar-refractivity contribution < 1.29 is 14.7 Å².